The van der Waals surface area contributed by atoms with Gasteiger partial charge >= 0.3 is 0 Å². The zero-order valence-electron chi connectivity index (χ0n) is 12.8. The monoisotopic (exact) mass is 286 g/mol. The van der Waals surface area contributed by atoms with Crippen LogP contribution < -0.4 is 4.74 Å². The van der Waals surface area contributed by atoms with Gasteiger partial charge in [-0.3, -0.25) is 4.79 Å². The van der Waals surface area contributed by atoms with Crippen LogP contribution in [-0.2, 0) is 16.1 Å². The van der Waals surface area contributed by atoms with Crippen LogP contribution in [0.4, 0.5) is 0 Å². The summed E-state index contributed by atoms with van der Waals surface area (Å²) in [6, 6.07) is 7.74. The fourth-order valence-corrected chi connectivity index (χ4v) is 2.05. The molecule has 1 aromatic carbocycles. The third-order valence-corrected chi connectivity index (χ3v) is 3.35. The Labute approximate surface area is 127 Å². The largest absolute Gasteiger partial charge is 0.497 e. The minimum absolute atomic E-state index is 0.0403. The van der Waals surface area contributed by atoms with Gasteiger partial charge in [0.25, 0.3) is 0 Å². The lowest BCUT2D eigenvalue weighted by Crippen LogP contribution is -2.27. The predicted octanol–water partition coefficient (Wildman–Crippen LogP) is 3.24. The molecule has 1 aromatic rings. The molecule has 3 atom stereocenters. The van der Waals surface area contributed by atoms with Gasteiger partial charge in [-0.15, -0.1) is 6.58 Å². The first kappa shape index (κ1) is 17.0. The molecule has 0 radical (unpaired) electrons. The van der Waals surface area contributed by atoms with Crippen LogP contribution in [0, 0.1) is 23.7 Å². The maximum Gasteiger partial charge on any atom is 0.192 e. The van der Waals surface area contributed by atoms with Crippen molar-refractivity contribution in [3.8, 4) is 17.6 Å². The van der Waals surface area contributed by atoms with Crippen LogP contribution in [0.25, 0.3) is 0 Å². The molecule has 0 saturated heterocycles. The summed E-state index contributed by atoms with van der Waals surface area (Å²) >= 11 is 0. The molecular formula is C18H22O3. The van der Waals surface area contributed by atoms with Gasteiger partial charge in [-0.05, 0) is 30.5 Å². The minimum Gasteiger partial charge on any atom is -0.497 e. The summed E-state index contributed by atoms with van der Waals surface area (Å²) in [5.41, 5.74) is 1.06. The molecule has 0 amide bonds. The minimum atomic E-state index is -0.1000. The van der Waals surface area contributed by atoms with E-state index in [0.29, 0.717) is 12.9 Å². The Kier molecular flexibility index (Phi) is 7.28. The Balaban J connectivity index is 2.71. The second-order valence-electron chi connectivity index (χ2n) is 4.91. The highest BCUT2D eigenvalue weighted by atomic mass is 16.5. The lowest BCUT2D eigenvalue weighted by molar-refractivity contribution is -0.103. The maximum absolute atomic E-state index is 10.4. The number of hydrogen-bond donors (Lipinski definition) is 0. The molecule has 0 N–H and O–H groups in total. The van der Waals surface area contributed by atoms with E-state index in [1.54, 1.807) is 7.11 Å². The van der Waals surface area contributed by atoms with Crippen molar-refractivity contribution in [2.75, 3.05) is 7.11 Å². The predicted molar refractivity (Wildman–Crippen MR) is 83.9 cm³/mol. The summed E-state index contributed by atoms with van der Waals surface area (Å²) < 4.78 is 11.1. The molecule has 112 valence electrons. The van der Waals surface area contributed by atoms with E-state index in [1.165, 1.54) is 0 Å². The number of carbonyl (C=O) groups excluding carboxylic acids is 1. The van der Waals surface area contributed by atoms with Crippen LogP contribution in [0.2, 0.25) is 0 Å². The molecule has 3 heteroatoms. The van der Waals surface area contributed by atoms with E-state index < -0.39 is 0 Å². The fraction of sp³-hybridized carbons (Fsp3) is 0.389. The lowest BCUT2D eigenvalue weighted by Gasteiger charge is -2.25. The van der Waals surface area contributed by atoms with Crippen molar-refractivity contribution in [3.63, 3.8) is 0 Å². The number of aldehydes is 1. The van der Waals surface area contributed by atoms with Crippen molar-refractivity contribution in [1.82, 2.24) is 0 Å². The van der Waals surface area contributed by atoms with Crippen LogP contribution in [0.15, 0.2) is 36.9 Å². The van der Waals surface area contributed by atoms with Crippen LogP contribution in [0.3, 0.4) is 0 Å². The van der Waals surface area contributed by atoms with E-state index in [-0.39, 0.29) is 17.9 Å². The molecule has 0 saturated carbocycles. The first-order valence-corrected chi connectivity index (χ1v) is 6.94. The first-order valence-electron chi connectivity index (χ1n) is 6.94. The second-order valence-corrected chi connectivity index (χ2v) is 4.91. The molecule has 0 aromatic heterocycles. The molecule has 1 rings (SSSR count). The highest BCUT2D eigenvalue weighted by Crippen LogP contribution is 2.20. The Morgan fingerprint density at radius 3 is 2.48 bits per heavy atom. The van der Waals surface area contributed by atoms with E-state index >= 15 is 0 Å². The van der Waals surface area contributed by atoms with Crippen LogP contribution in [0.1, 0.15) is 19.4 Å². The second kappa shape index (κ2) is 8.99. The fourth-order valence-electron chi connectivity index (χ4n) is 2.05. The number of carbonyl (C=O) groups is 1. The van der Waals surface area contributed by atoms with Gasteiger partial charge in [0.2, 0.25) is 0 Å². The molecule has 3 nitrogen and oxygen atoms in total. The Morgan fingerprint density at radius 1 is 1.29 bits per heavy atom. The van der Waals surface area contributed by atoms with Gasteiger partial charge in [0.15, 0.2) is 6.29 Å². The standard InChI is InChI=1S/C18H22O3/c1-5-14(2)18(15(3)7-6-12-19)21-13-16-8-10-17(20-4)11-9-16/h5,8-12,14-15,18H,1,13H2,2-4H3/t14-,15-,18+/m1/s1. The van der Waals surface area contributed by atoms with Crippen molar-refractivity contribution in [2.24, 2.45) is 11.8 Å². The first-order chi connectivity index (χ1) is 10.1. The van der Waals surface area contributed by atoms with Crippen LogP contribution in [0.5, 0.6) is 5.75 Å². The van der Waals surface area contributed by atoms with Gasteiger partial charge in [-0.2, -0.15) is 0 Å². The lowest BCUT2D eigenvalue weighted by atomic mass is 9.93. The summed E-state index contributed by atoms with van der Waals surface area (Å²) in [5.74, 6) is 6.28. The SMILES string of the molecule is C=C[C@@H](C)[C@H](OCc1ccc(OC)cc1)[C@H](C)C#CC=O. The molecular weight excluding hydrogens is 264 g/mol. The molecule has 0 aliphatic carbocycles. The topological polar surface area (TPSA) is 35.5 Å². The molecule has 0 unspecified atom stereocenters. The van der Waals surface area contributed by atoms with E-state index in [9.17, 15) is 4.79 Å². The van der Waals surface area contributed by atoms with Gasteiger partial charge in [-0.1, -0.05) is 31.1 Å². The smallest absolute Gasteiger partial charge is 0.192 e. The van der Waals surface area contributed by atoms with Crippen molar-refractivity contribution in [2.45, 2.75) is 26.6 Å². The summed E-state index contributed by atoms with van der Waals surface area (Å²) in [6.45, 7) is 8.28. The van der Waals surface area contributed by atoms with Crippen LogP contribution >= 0.6 is 0 Å². The average molecular weight is 286 g/mol. The molecule has 0 fully saturated rings. The van der Waals surface area contributed by atoms with E-state index in [4.69, 9.17) is 9.47 Å². The average Bonchev–Trinajstić information content (AvgIpc) is 2.53. The number of hydrogen-bond acceptors (Lipinski definition) is 3. The van der Waals surface area contributed by atoms with Gasteiger partial charge in [-0.25, -0.2) is 0 Å². The molecule has 21 heavy (non-hydrogen) atoms. The quantitative estimate of drug-likeness (QED) is 0.438. The van der Waals surface area contributed by atoms with Crippen molar-refractivity contribution < 1.29 is 14.3 Å². The highest BCUT2D eigenvalue weighted by Gasteiger charge is 2.21. The molecule has 0 aliphatic rings. The molecule has 0 spiro atoms. The Bertz CT molecular complexity index is 508. The van der Waals surface area contributed by atoms with Crippen molar-refractivity contribution >= 4 is 6.29 Å². The molecule has 0 heterocycles. The Hall–Kier alpha value is -2.05. The van der Waals surface area contributed by atoms with Gasteiger partial charge in [0, 0.05) is 11.8 Å². The highest BCUT2D eigenvalue weighted by molar-refractivity contribution is 5.72. The third kappa shape index (κ3) is 5.45. The number of ether oxygens (including phenoxy) is 2. The van der Waals surface area contributed by atoms with Crippen LogP contribution in [-0.4, -0.2) is 19.5 Å². The van der Waals surface area contributed by atoms with E-state index in [1.807, 2.05) is 44.2 Å². The van der Waals surface area contributed by atoms with E-state index in [0.717, 1.165) is 11.3 Å². The maximum atomic E-state index is 10.4. The third-order valence-electron chi connectivity index (χ3n) is 3.35. The van der Waals surface area contributed by atoms with Crippen molar-refractivity contribution in [3.05, 3.63) is 42.5 Å². The number of methoxy groups -OCH3 is 1. The Morgan fingerprint density at radius 2 is 1.95 bits per heavy atom. The molecule has 0 aliphatic heterocycles. The summed E-state index contributed by atoms with van der Waals surface area (Å²) in [5, 5.41) is 0. The zero-order valence-corrected chi connectivity index (χ0v) is 12.8. The summed E-state index contributed by atoms with van der Waals surface area (Å²) in [7, 11) is 1.64. The van der Waals surface area contributed by atoms with Crippen molar-refractivity contribution in [1.29, 1.82) is 0 Å². The normalized spacial score (nSPS) is 14.2. The zero-order chi connectivity index (χ0) is 15.7. The van der Waals surface area contributed by atoms with Gasteiger partial charge in [0.05, 0.1) is 19.8 Å². The molecule has 0 bridgehead atoms. The number of rotatable bonds is 7. The van der Waals surface area contributed by atoms with E-state index in [2.05, 4.69) is 18.4 Å². The number of benzene rings is 1. The van der Waals surface area contributed by atoms with Gasteiger partial charge < -0.3 is 9.47 Å². The van der Waals surface area contributed by atoms with Gasteiger partial charge in [0.1, 0.15) is 5.75 Å². The summed E-state index contributed by atoms with van der Waals surface area (Å²) in [6.07, 6.45) is 2.35. The summed E-state index contributed by atoms with van der Waals surface area (Å²) in [4.78, 5) is 10.4.